The van der Waals surface area contributed by atoms with E-state index in [4.69, 9.17) is 10.8 Å². The van der Waals surface area contributed by atoms with Crippen LogP contribution in [0, 0.1) is 23.7 Å². The van der Waals surface area contributed by atoms with E-state index in [0.29, 0.717) is 35.7 Å². The summed E-state index contributed by atoms with van der Waals surface area (Å²) in [6.07, 6.45) is 1.19. The van der Waals surface area contributed by atoms with Crippen LogP contribution in [0.4, 0.5) is 0 Å². The number of aliphatic hydroxyl groups is 1. The molecule has 0 aliphatic carbocycles. The average molecular weight is 1070 g/mol. The third-order valence-electron chi connectivity index (χ3n) is 13.5. The first-order valence-corrected chi connectivity index (χ1v) is 25.8. The minimum absolute atomic E-state index is 0.0217. The number of aromatic amines is 1. The Morgan fingerprint density at radius 3 is 1.76 bits per heavy atom. The largest absolute Gasteiger partial charge is 0.481 e. The Balaban J connectivity index is 1.91. The maximum absolute atomic E-state index is 14.4. The van der Waals surface area contributed by atoms with E-state index in [2.05, 4.69) is 42.2 Å². The molecule has 0 bridgehead atoms. The molecule has 0 spiro atoms. The molecular weight excluding hydrogens is 993 g/mol. The number of rotatable bonds is 31. The predicted octanol–water partition coefficient (Wildman–Crippen LogP) is -0.367. The number of carbonyl (C=O) groups excluding carboxylic acids is 8. The summed E-state index contributed by atoms with van der Waals surface area (Å²) in [5.41, 5.74) is 7.13. The third-order valence-corrected chi connectivity index (χ3v) is 13.5. The molecule has 0 unspecified atom stereocenters. The number of carboxylic acids is 3. The number of fused-ring (bicyclic) bond motifs is 1. The fourth-order valence-corrected chi connectivity index (χ4v) is 8.64. The van der Waals surface area contributed by atoms with Crippen molar-refractivity contribution < 1.29 is 73.2 Å². The van der Waals surface area contributed by atoms with Gasteiger partial charge in [0.2, 0.25) is 47.3 Å². The van der Waals surface area contributed by atoms with E-state index in [1.165, 1.54) is 0 Å². The number of aromatic nitrogens is 1. The summed E-state index contributed by atoms with van der Waals surface area (Å²) in [5, 5.41) is 57.4. The summed E-state index contributed by atoms with van der Waals surface area (Å²) in [4.78, 5) is 150. The third kappa shape index (κ3) is 18.3. The number of amides is 8. The number of hydrogen-bond acceptors (Lipinski definition) is 13. The highest BCUT2D eigenvalue weighted by molar-refractivity contribution is 5.99. The number of para-hydroxylation sites is 1. The number of aliphatic hydroxyl groups excluding tert-OH is 1. The monoisotopic (exact) mass is 1070 g/mol. The van der Waals surface area contributed by atoms with E-state index < -0.39 is 150 Å². The van der Waals surface area contributed by atoms with Crippen LogP contribution in [-0.2, 0) is 59.2 Å². The molecular formula is C51H78N10O15. The van der Waals surface area contributed by atoms with Gasteiger partial charge >= 0.3 is 17.9 Å². The van der Waals surface area contributed by atoms with Gasteiger partial charge in [-0.3, -0.25) is 47.9 Å². The molecule has 2 heterocycles. The van der Waals surface area contributed by atoms with Crippen molar-refractivity contribution >= 4 is 76.1 Å². The van der Waals surface area contributed by atoms with Crippen molar-refractivity contribution in [3.8, 4) is 0 Å². The number of nitrogens with two attached hydrogens (primary N) is 1. The number of carbonyl (C=O) groups is 11. The maximum Gasteiger partial charge on any atom is 0.326 e. The van der Waals surface area contributed by atoms with Crippen molar-refractivity contribution in [2.45, 2.75) is 168 Å². The Morgan fingerprint density at radius 1 is 0.658 bits per heavy atom. The van der Waals surface area contributed by atoms with Gasteiger partial charge in [0.15, 0.2) is 0 Å². The minimum atomic E-state index is -1.86. The first-order valence-electron chi connectivity index (χ1n) is 25.8. The molecule has 14 N–H and O–H groups in total. The molecule has 25 nitrogen and oxygen atoms in total. The molecule has 11 atom stereocenters. The van der Waals surface area contributed by atoms with Gasteiger partial charge in [0.05, 0.1) is 19.1 Å². The van der Waals surface area contributed by atoms with Crippen LogP contribution in [-0.4, -0.2) is 163 Å². The lowest BCUT2D eigenvalue weighted by Crippen LogP contribution is -2.62. The normalized spacial score (nSPS) is 17.4. The molecule has 3 rings (SSSR count). The van der Waals surface area contributed by atoms with Gasteiger partial charge < -0.3 is 73.3 Å². The zero-order valence-electron chi connectivity index (χ0n) is 44.5. The average Bonchev–Trinajstić information content (AvgIpc) is 4.03. The fourth-order valence-electron chi connectivity index (χ4n) is 8.64. The molecule has 8 amide bonds. The number of benzene rings is 1. The Labute approximate surface area is 441 Å². The molecule has 1 fully saturated rings. The van der Waals surface area contributed by atoms with Crippen molar-refractivity contribution in [1.82, 2.24) is 47.1 Å². The number of nitrogens with zero attached hydrogens (tertiary/aromatic N) is 1. The summed E-state index contributed by atoms with van der Waals surface area (Å²) < 4.78 is 0. The van der Waals surface area contributed by atoms with E-state index in [1.54, 1.807) is 85.9 Å². The SMILES string of the molecule is CC[C@H](C)[C@H](NC(=O)[C@@H](N)CCC(=O)O)C(=O)N[C@H](C(=O)N[C@@H](CC(C)C)C(=O)N[C@@H](Cc1c[nH]c2ccccc12)C(=O)N[C@@H](CO)C(=O)N[C@@H](CC(=O)O)C(=O)N[C@H](C(=O)N1CCC[C@H]1C(=O)O)[C@@H](C)CC)C(C)C. The number of nitrogens with one attached hydrogen (secondary N) is 8. The van der Waals surface area contributed by atoms with Gasteiger partial charge in [-0.15, -0.1) is 0 Å². The highest BCUT2D eigenvalue weighted by atomic mass is 16.4. The minimum Gasteiger partial charge on any atom is -0.481 e. The number of carboxylic acid groups (broad SMARTS) is 3. The smallest absolute Gasteiger partial charge is 0.326 e. The number of H-pyrrole nitrogens is 1. The molecule has 1 saturated heterocycles. The molecule has 1 aromatic heterocycles. The van der Waals surface area contributed by atoms with Crippen molar-refractivity contribution in [1.29, 1.82) is 0 Å². The number of likely N-dealkylation sites (tertiary alicyclic amines) is 1. The Kier molecular flexibility index (Phi) is 24.8. The van der Waals surface area contributed by atoms with Gasteiger partial charge in [0.25, 0.3) is 0 Å². The highest BCUT2D eigenvalue weighted by Gasteiger charge is 2.41. The summed E-state index contributed by atoms with van der Waals surface area (Å²) in [7, 11) is 0. The summed E-state index contributed by atoms with van der Waals surface area (Å²) >= 11 is 0. The lowest BCUT2D eigenvalue weighted by Gasteiger charge is -2.31. The second-order valence-corrected chi connectivity index (χ2v) is 20.3. The first-order chi connectivity index (χ1) is 35.7. The number of hydrogen-bond donors (Lipinski definition) is 13. The van der Waals surface area contributed by atoms with Crippen LogP contribution in [0.25, 0.3) is 10.9 Å². The maximum atomic E-state index is 14.4. The molecule has 2 aromatic rings. The standard InChI is InChI=1S/C51H78N10O15/c1-9-27(7)41(59-43(67)31(52)17-18-38(63)64)49(73)58-40(26(5)6)48(72)56-33(20-25(3)4)44(68)54-34(21-29-23-53-32-15-12-11-14-30(29)32)45(69)57-36(24-62)47(71)55-35(22-39(65)66)46(70)60-42(28(8)10-2)50(74)61-19-13-16-37(61)51(75)76/h11-12,14-15,23,25-28,31,33-37,40-42,53,62H,9-10,13,16-22,24,52H2,1-8H3,(H,54,68)(H,55,71)(H,56,72)(H,57,69)(H,58,73)(H,59,67)(H,60,70)(H,63,64)(H,65,66)(H,75,76)/t27-,28-,31-,33-,34-,35-,36-,37-,40-,41-,42-/m0/s1. The topological polar surface area (TPSA) is 398 Å². The number of aliphatic carboxylic acids is 3. The fraction of sp³-hybridized carbons (Fsp3) is 0.627. The lowest BCUT2D eigenvalue weighted by molar-refractivity contribution is -0.150. The van der Waals surface area contributed by atoms with Crippen LogP contribution in [0.15, 0.2) is 30.5 Å². The molecule has 25 heteroatoms. The molecule has 422 valence electrons. The van der Waals surface area contributed by atoms with Crippen molar-refractivity contribution in [2.24, 2.45) is 29.4 Å². The van der Waals surface area contributed by atoms with Crippen LogP contribution in [0.2, 0.25) is 0 Å². The van der Waals surface area contributed by atoms with E-state index in [9.17, 15) is 68.1 Å². The first kappa shape index (κ1) is 63.1. The van der Waals surface area contributed by atoms with Gasteiger partial charge in [-0.25, -0.2) is 4.79 Å². The predicted molar refractivity (Wildman–Crippen MR) is 275 cm³/mol. The zero-order valence-corrected chi connectivity index (χ0v) is 44.5. The Morgan fingerprint density at radius 2 is 1.18 bits per heavy atom. The van der Waals surface area contributed by atoms with Crippen LogP contribution < -0.4 is 43.0 Å². The van der Waals surface area contributed by atoms with Crippen LogP contribution in [0.3, 0.4) is 0 Å². The van der Waals surface area contributed by atoms with E-state index in [-0.39, 0.29) is 44.6 Å². The lowest BCUT2D eigenvalue weighted by atomic mass is 9.95. The molecule has 1 aromatic carbocycles. The van der Waals surface area contributed by atoms with Crippen molar-refractivity contribution in [3.63, 3.8) is 0 Å². The molecule has 0 radical (unpaired) electrons. The molecule has 1 aliphatic rings. The Hall–Kier alpha value is -7.15. The molecule has 76 heavy (non-hydrogen) atoms. The Bertz CT molecular complexity index is 2390. The summed E-state index contributed by atoms with van der Waals surface area (Å²) in [6, 6.07) is -5.64. The van der Waals surface area contributed by atoms with Gasteiger partial charge in [0, 0.05) is 36.5 Å². The van der Waals surface area contributed by atoms with Crippen LogP contribution >= 0.6 is 0 Å². The van der Waals surface area contributed by atoms with Gasteiger partial charge in [-0.1, -0.05) is 86.4 Å². The van der Waals surface area contributed by atoms with E-state index >= 15 is 0 Å². The van der Waals surface area contributed by atoms with Crippen molar-refractivity contribution in [3.05, 3.63) is 36.0 Å². The molecule has 0 saturated carbocycles. The second kappa shape index (κ2) is 29.8. The summed E-state index contributed by atoms with van der Waals surface area (Å²) in [5.74, 6) is -13.0. The van der Waals surface area contributed by atoms with Crippen molar-refractivity contribution in [2.75, 3.05) is 13.2 Å². The summed E-state index contributed by atoms with van der Waals surface area (Å²) in [6.45, 7) is 12.7. The van der Waals surface area contributed by atoms with E-state index in [1.807, 2.05) is 0 Å². The van der Waals surface area contributed by atoms with Gasteiger partial charge in [-0.05, 0) is 61.0 Å². The zero-order chi connectivity index (χ0) is 57.1. The second-order valence-electron chi connectivity index (χ2n) is 20.3. The van der Waals surface area contributed by atoms with Gasteiger partial charge in [0.1, 0.15) is 48.3 Å². The van der Waals surface area contributed by atoms with Crippen LogP contribution in [0.1, 0.15) is 112 Å². The van der Waals surface area contributed by atoms with Crippen LogP contribution in [0.5, 0.6) is 0 Å². The van der Waals surface area contributed by atoms with E-state index in [0.717, 1.165) is 4.90 Å². The molecule has 1 aliphatic heterocycles. The van der Waals surface area contributed by atoms with Gasteiger partial charge in [-0.2, -0.15) is 0 Å². The highest BCUT2D eigenvalue weighted by Crippen LogP contribution is 2.23. The quantitative estimate of drug-likeness (QED) is 0.0458.